The van der Waals surface area contributed by atoms with Crippen LogP contribution in [0, 0.1) is 11.3 Å². The molecule has 3 aromatic rings. The third-order valence-electron chi connectivity index (χ3n) is 4.01. The van der Waals surface area contributed by atoms with E-state index in [1.165, 1.54) is 4.70 Å². The number of hydrogen-bond donors (Lipinski definition) is 0. The first-order chi connectivity index (χ1) is 11.3. The van der Waals surface area contributed by atoms with Gasteiger partial charge in [-0.05, 0) is 24.3 Å². The Morgan fingerprint density at radius 3 is 2.48 bits per heavy atom. The van der Waals surface area contributed by atoms with E-state index in [1.54, 1.807) is 17.4 Å². The zero-order valence-corrected chi connectivity index (χ0v) is 13.3. The molecule has 0 atom stereocenters. The molecule has 0 aliphatic carbocycles. The lowest BCUT2D eigenvalue weighted by atomic mass is 10.3. The summed E-state index contributed by atoms with van der Waals surface area (Å²) in [6, 6.07) is 15.9. The highest BCUT2D eigenvalue weighted by molar-refractivity contribution is 7.22. The zero-order valence-electron chi connectivity index (χ0n) is 12.5. The van der Waals surface area contributed by atoms with E-state index in [4.69, 9.17) is 10.2 Å². The van der Waals surface area contributed by atoms with E-state index >= 15 is 0 Å². The number of pyridine rings is 1. The van der Waals surface area contributed by atoms with Crippen molar-refractivity contribution in [2.45, 2.75) is 0 Å². The van der Waals surface area contributed by atoms with Gasteiger partial charge in [-0.2, -0.15) is 5.26 Å². The van der Waals surface area contributed by atoms with Crippen LogP contribution in [0.5, 0.6) is 0 Å². The molecule has 0 bridgehead atoms. The minimum absolute atomic E-state index is 0.469. The first-order valence-electron chi connectivity index (χ1n) is 7.56. The van der Waals surface area contributed by atoms with Crippen LogP contribution in [0.15, 0.2) is 42.5 Å². The van der Waals surface area contributed by atoms with Crippen molar-refractivity contribution in [1.82, 2.24) is 9.97 Å². The lowest BCUT2D eigenvalue weighted by Crippen LogP contribution is -2.46. The molecule has 1 saturated heterocycles. The second-order valence-electron chi connectivity index (χ2n) is 5.43. The fourth-order valence-electron chi connectivity index (χ4n) is 2.78. The first kappa shape index (κ1) is 14.0. The average Bonchev–Trinajstić information content (AvgIpc) is 3.06. The number of rotatable bonds is 2. The number of nitriles is 1. The molecule has 0 spiro atoms. The normalized spacial score (nSPS) is 14.9. The third kappa shape index (κ3) is 2.71. The molecule has 0 unspecified atom stereocenters. The van der Waals surface area contributed by atoms with Crippen LogP contribution in [0.4, 0.5) is 10.9 Å². The number of nitrogens with zero attached hydrogens (tertiary/aromatic N) is 5. The minimum atomic E-state index is 0.469. The molecule has 0 saturated carbocycles. The fraction of sp³-hybridized carbons (Fsp3) is 0.235. The maximum Gasteiger partial charge on any atom is 0.186 e. The van der Waals surface area contributed by atoms with Gasteiger partial charge in [0.15, 0.2) is 5.13 Å². The molecule has 23 heavy (non-hydrogen) atoms. The molecule has 2 aromatic heterocycles. The second kappa shape index (κ2) is 5.86. The standard InChI is InChI=1S/C17H15N5S/c18-12-13-4-3-7-16(19-13)21-8-10-22(11-9-21)17-20-14-5-1-2-6-15(14)23-17/h1-7H,8-11H2. The molecule has 6 heteroatoms. The van der Waals surface area contributed by atoms with E-state index in [0.29, 0.717) is 5.69 Å². The average molecular weight is 321 g/mol. The van der Waals surface area contributed by atoms with E-state index in [-0.39, 0.29) is 0 Å². The molecule has 4 rings (SSSR count). The Hall–Kier alpha value is -2.65. The molecule has 0 N–H and O–H groups in total. The van der Waals surface area contributed by atoms with Crippen molar-refractivity contribution in [3.05, 3.63) is 48.2 Å². The van der Waals surface area contributed by atoms with Gasteiger partial charge in [0.1, 0.15) is 17.6 Å². The van der Waals surface area contributed by atoms with Crippen molar-refractivity contribution in [3.63, 3.8) is 0 Å². The Morgan fingerprint density at radius 1 is 0.913 bits per heavy atom. The van der Waals surface area contributed by atoms with E-state index in [9.17, 15) is 0 Å². The van der Waals surface area contributed by atoms with Crippen molar-refractivity contribution in [2.75, 3.05) is 36.0 Å². The Labute approximate surface area is 138 Å². The summed E-state index contributed by atoms with van der Waals surface area (Å²) in [6.07, 6.45) is 0. The summed E-state index contributed by atoms with van der Waals surface area (Å²) in [5.74, 6) is 0.882. The molecule has 3 heterocycles. The van der Waals surface area contributed by atoms with Gasteiger partial charge >= 0.3 is 0 Å². The largest absolute Gasteiger partial charge is 0.353 e. The summed E-state index contributed by atoms with van der Waals surface area (Å²) < 4.78 is 1.23. The summed E-state index contributed by atoms with van der Waals surface area (Å²) in [5.41, 5.74) is 1.54. The van der Waals surface area contributed by atoms with Crippen LogP contribution in [-0.4, -0.2) is 36.1 Å². The minimum Gasteiger partial charge on any atom is -0.353 e. The summed E-state index contributed by atoms with van der Waals surface area (Å²) in [6.45, 7) is 3.60. The number of hydrogen-bond acceptors (Lipinski definition) is 6. The summed E-state index contributed by atoms with van der Waals surface area (Å²) in [7, 11) is 0. The van der Waals surface area contributed by atoms with Crippen LogP contribution in [0.25, 0.3) is 10.2 Å². The van der Waals surface area contributed by atoms with E-state index in [2.05, 4.69) is 39.1 Å². The highest BCUT2D eigenvalue weighted by atomic mass is 32.1. The second-order valence-corrected chi connectivity index (χ2v) is 6.44. The summed E-state index contributed by atoms with van der Waals surface area (Å²) in [4.78, 5) is 13.7. The number of aromatic nitrogens is 2. The van der Waals surface area contributed by atoms with Gasteiger partial charge in [-0.25, -0.2) is 9.97 Å². The predicted octanol–water partition coefficient (Wildman–Crippen LogP) is 2.89. The van der Waals surface area contributed by atoms with Crippen molar-refractivity contribution in [3.8, 4) is 6.07 Å². The number of anilines is 2. The molecule has 1 fully saturated rings. The van der Waals surface area contributed by atoms with Gasteiger partial charge in [-0.3, -0.25) is 0 Å². The Morgan fingerprint density at radius 2 is 1.70 bits per heavy atom. The molecule has 114 valence electrons. The molecule has 0 amide bonds. The lowest BCUT2D eigenvalue weighted by molar-refractivity contribution is 0.646. The van der Waals surface area contributed by atoms with Gasteiger partial charge in [-0.1, -0.05) is 29.5 Å². The van der Waals surface area contributed by atoms with Gasteiger partial charge in [0.2, 0.25) is 0 Å². The molecule has 1 aromatic carbocycles. The Kier molecular flexibility index (Phi) is 3.56. The third-order valence-corrected chi connectivity index (χ3v) is 5.10. The van der Waals surface area contributed by atoms with Crippen LogP contribution in [-0.2, 0) is 0 Å². The molecular formula is C17H15N5S. The maximum absolute atomic E-state index is 8.97. The monoisotopic (exact) mass is 321 g/mol. The molecule has 0 radical (unpaired) electrons. The maximum atomic E-state index is 8.97. The predicted molar refractivity (Wildman–Crippen MR) is 93.0 cm³/mol. The van der Waals surface area contributed by atoms with Crippen LogP contribution in [0.1, 0.15) is 5.69 Å². The Balaban J connectivity index is 1.49. The van der Waals surface area contributed by atoms with Gasteiger partial charge in [0.25, 0.3) is 0 Å². The smallest absolute Gasteiger partial charge is 0.186 e. The van der Waals surface area contributed by atoms with E-state index in [0.717, 1.165) is 42.6 Å². The SMILES string of the molecule is N#Cc1cccc(N2CCN(c3nc4ccccc4s3)CC2)n1. The van der Waals surface area contributed by atoms with Crippen molar-refractivity contribution < 1.29 is 0 Å². The Bertz CT molecular complexity index is 841. The lowest BCUT2D eigenvalue weighted by Gasteiger charge is -2.35. The molecule has 1 aliphatic heterocycles. The molecule has 1 aliphatic rings. The highest BCUT2D eigenvalue weighted by Gasteiger charge is 2.20. The number of piperazine rings is 1. The first-order valence-corrected chi connectivity index (χ1v) is 8.38. The van der Waals surface area contributed by atoms with Crippen molar-refractivity contribution in [1.29, 1.82) is 5.26 Å². The number of para-hydroxylation sites is 1. The van der Waals surface area contributed by atoms with Crippen LogP contribution < -0.4 is 9.80 Å². The number of fused-ring (bicyclic) bond motifs is 1. The van der Waals surface area contributed by atoms with E-state index < -0.39 is 0 Å². The van der Waals surface area contributed by atoms with Gasteiger partial charge in [0.05, 0.1) is 10.2 Å². The number of benzene rings is 1. The highest BCUT2D eigenvalue weighted by Crippen LogP contribution is 2.29. The topological polar surface area (TPSA) is 56.1 Å². The quantitative estimate of drug-likeness (QED) is 0.726. The van der Waals surface area contributed by atoms with Crippen molar-refractivity contribution in [2.24, 2.45) is 0 Å². The van der Waals surface area contributed by atoms with Crippen LogP contribution >= 0.6 is 11.3 Å². The van der Waals surface area contributed by atoms with Gasteiger partial charge in [0, 0.05) is 26.2 Å². The van der Waals surface area contributed by atoms with Gasteiger partial charge < -0.3 is 9.80 Å². The molecule has 5 nitrogen and oxygen atoms in total. The fourth-order valence-corrected chi connectivity index (χ4v) is 3.80. The van der Waals surface area contributed by atoms with E-state index in [1.807, 2.05) is 18.2 Å². The van der Waals surface area contributed by atoms with Crippen LogP contribution in [0.3, 0.4) is 0 Å². The van der Waals surface area contributed by atoms with Crippen LogP contribution in [0.2, 0.25) is 0 Å². The summed E-state index contributed by atoms with van der Waals surface area (Å²) >= 11 is 1.74. The summed E-state index contributed by atoms with van der Waals surface area (Å²) in [5, 5.41) is 10.1. The number of thiazole rings is 1. The zero-order chi connectivity index (χ0) is 15.6. The molecular weight excluding hydrogens is 306 g/mol. The van der Waals surface area contributed by atoms with Crippen molar-refractivity contribution >= 4 is 32.5 Å². The van der Waals surface area contributed by atoms with Gasteiger partial charge in [-0.15, -0.1) is 0 Å².